The number of carbonyl (C=O) groups is 3. The monoisotopic (exact) mass is 357 g/mol. The van der Waals surface area contributed by atoms with Crippen molar-refractivity contribution < 1.29 is 19.1 Å². The van der Waals surface area contributed by atoms with Crippen molar-refractivity contribution in [3.05, 3.63) is 17.5 Å². The lowest BCUT2D eigenvalue weighted by Gasteiger charge is -2.22. The number of methoxy groups -OCH3 is 1. The molecule has 9 nitrogen and oxygen atoms in total. The number of amides is 2. The lowest BCUT2D eigenvalue weighted by atomic mass is 10.1. The number of halogens is 1. The lowest BCUT2D eigenvalue weighted by molar-refractivity contribution is -0.142. The van der Waals surface area contributed by atoms with Gasteiger partial charge in [0.05, 0.1) is 13.7 Å². The summed E-state index contributed by atoms with van der Waals surface area (Å²) < 4.78 is 6.23. The third-order valence-electron chi connectivity index (χ3n) is 4.18. The fraction of sp³-hybridized carbons (Fsp3) is 0.571. The summed E-state index contributed by atoms with van der Waals surface area (Å²) in [6.07, 6.45) is 0.466. The van der Waals surface area contributed by atoms with Crippen molar-refractivity contribution in [1.82, 2.24) is 25.3 Å². The van der Waals surface area contributed by atoms with Gasteiger partial charge in [-0.05, 0) is 6.42 Å². The van der Waals surface area contributed by atoms with Gasteiger partial charge in [0.2, 0.25) is 0 Å². The van der Waals surface area contributed by atoms with E-state index in [2.05, 4.69) is 20.5 Å². The molecule has 0 spiro atoms. The average molecular weight is 358 g/mol. The molecule has 2 aliphatic rings. The second-order valence-electron chi connectivity index (χ2n) is 5.75. The minimum atomic E-state index is -0.407. The van der Waals surface area contributed by atoms with Crippen molar-refractivity contribution in [2.24, 2.45) is 0 Å². The molecular formula is C14H20ClN5O4. The van der Waals surface area contributed by atoms with Crippen LogP contribution in [-0.2, 0) is 16.1 Å². The fourth-order valence-corrected chi connectivity index (χ4v) is 2.84. The van der Waals surface area contributed by atoms with Crippen molar-refractivity contribution in [2.75, 3.05) is 27.2 Å². The Labute approximate surface area is 145 Å². The van der Waals surface area contributed by atoms with Crippen molar-refractivity contribution in [1.29, 1.82) is 0 Å². The SMILES string of the molecule is COC(=O)[C@@H]1C[C@H](NC(=O)c2cc3n(n2)CCN(C)C3=O)CN1.Cl. The molecule has 2 amide bonds. The number of fused-ring (bicyclic) bond motifs is 1. The van der Waals surface area contributed by atoms with Crippen LogP contribution in [0, 0.1) is 0 Å². The molecule has 3 rings (SSSR count). The lowest BCUT2D eigenvalue weighted by Crippen LogP contribution is -2.37. The molecule has 1 fully saturated rings. The number of hydrogen-bond acceptors (Lipinski definition) is 6. The maximum absolute atomic E-state index is 12.3. The standard InChI is InChI=1S/C14H19N5O4.ClH/c1-18-3-4-19-11(13(18)21)6-9(17-19)12(20)16-8-5-10(15-7-8)14(22)23-2;/h6,8,10,15H,3-5,7H2,1-2H3,(H,16,20);1H/t8-,10-;/m0./s1. The fourth-order valence-electron chi connectivity index (χ4n) is 2.84. The summed E-state index contributed by atoms with van der Waals surface area (Å²) in [7, 11) is 3.05. The number of carbonyl (C=O) groups excluding carboxylic acids is 3. The van der Waals surface area contributed by atoms with Gasteiger partial charge in [-0.2, -0.15) is 5.10 Å². The molecule has 0 aliphatic carbocycles. The van der Waals surface area contributed by atoms with Gasteiger partial charge in [0.15, 0.2) is 5.69 Å². The maximum atomic E-state index is 12.3. The van der Waals surface area contributed by atoms with E-state index < -0.39 is 6.04 Å². The molecule has 1 aromatic heterocycles. The molecule has 132 valence electrons. The van der Waals surface area contributed by atoms with Gasteiger partial charge in [-0.15, -0.1) is 12.4 Å². The molecule has 0 aromatic carbocycles. The first-order valence-corrected chi connectivity index (χ1v) is 7.45. The maximum Gasteiger partial charge on any atom is 0.322 e. The molecule has 2 N–H and O–H groups in total. The molecule has 0 radical (unpaired) electrons. The smallest absolute Gasteiger partial charge is 0.322 e. The van der Waals surface area contributed by atoms with E-state index in [9.17, 15) is 14.4 Å². The third-order valence-corrected chi connectivity index (χ3v) is 4.18. The van der Waals surface area contributed by atoms with Crippen LogP contribution >= 0.6 is 12.4 Å². The Kier molecular flexibility index (Phi) is 5.45. The normalized spacial score (nSPS) is 22.6. The number of hydrogen-bond donors (Lipinski definition) is 2. The second-order valence-corrected chi connectivity index (χ2v) is 5.75. The van der Waals surface area contributed by atoms with Crippen molar-refractivity contribution in [3.63, 3.8) is 0 Å². The predicted molar refractivity (Wildman–Crippen MR) is 86.1 cm³/mol. The Hall–Kier alpha value is -2.13. The van der Waals surface area contributed by atoms with E-state index >= 15 is 0 Å². The van der Waals surface area contributed by atoms with E-state index in [0.29, 0.717) is 31.7 Å². The zero-order valence-corrected chi connectivity index (χ0v) is 14.3. The van der Waals surface area contributed by atoms with Crippen LogP contribution in [0.4, 0.5) is 0 Å². The van der Waals surface area contributed by atoms with Crippen LogP contribution in [-0.4, -0.2) is 71.8 Å². The quantitative estimate of drug-likeness (QED) is 0.674. The number of esters is 1. The van der Waals surface area contributed by atoms with Gasteiger partial charge < -0.3 is 20.3 Å². The van der Waals surface area contributed by atoms with E-state index in [4.69, 9.17) is 0 Å². The first-order valence-electron chi connectivity index (χ1n) is 7.45. The van der Waals surface area contributed by atoms with Crippen molar-refractivity contribution in [3.8, 4) is 0 Å². The predicted octanol–water partition coefficient (Wildman–Crippen LogP) is -0.976. The Balaban J connectivity index is 0.00000208. The third kappa shape index (κ3) is 3.36. The molecule has 0 unspecified atom stereocenters. The minimum absolute atomic E-state index is 0. The molecule has 0 saturated carbocycles. The van der Waals surface area contributed by atoms with E-state index in [1.165, 1.54) is 13.2 Å². The Bertz CT molecular complexity index is 662. The van der Waals surface area contributed by atoms with Gasteiger partial charge in [-0.25, -0.2) is 0 Å². The van der Waals surface area contributed by atoms with Crippen LogP contribution in [0.15, 0.2) is 6.07 Å². The van der Waals surface area contributed by atoms with E-state index in [1.807, 2.05) is 0 Å². The van der Waals surface area contributed by atoms with Crippen molar-refractivity contribution in [2.45, 2.75) is 25.0 Å². The molecular weight excluding hydrogens is 338 g/mol. The summed E-state index contributed by atoms with van der Waals surface area (Å²) in [6.45, 7) is 1.63. The molecule has 0 bridgehead atoms. The molecule has 2 atom stereocenters. The average Bonchev–Trinajstić information content (AvgIpc) is 3.17. The molecule has 1 aromatic rings. The first kappa shape index (κ1) is 18.2. The summed E-state index contributed by atoms with van der Waals surface area (Å²) in [6, 6.07) is 0.924. The van der Waals surface area contributed by atoms with Gasteiger partial charge in [-0.1, -0.05) is 0 Å². The highest BCUT2D eigenvalue weighted by Gasteiger charge is 2.32. The number of rotatable bonds is 3. The number of likely N-dealkylation sites (N-methyl/N-ethyl adjacent to an activating group) is 1. The first-order chi connectivity index (χ1) is 11.0. The Morgan fingerprint density at radius 3 is 2.88 bits per heavy atom. The summed E-state index contributed by atoms with van der Waals surface area (Å²) in [5.41, 5.74) is 0.631. The number of nitrogens with one attached hydrogen (secondary N) is 2. The number of aromatic nitrogens is 2. The zero-order chi connectivity index (χ0) is 16.6. The van der Waals surface area contributed by atoms with Gasteiger partial charge in [0, 0.05) is 32.2 Å². The number of ether oxygens (including phenoxy) is 1. The molecule has 3 heterocycles. The molecule has 1 saturated heterocycles. The van der Waals surface area contributed by atoms with Crippen LogP contribution < -0.4 is 10.6 Å². The van der Waals surface area contributed by atoms with Crippen LogP contribution in [0.3, 0.4) is 0 Å². The van der Waals surface area contributed by atoms with Crippen LogP contribution in [0.1, 0.15) is 27.4 Å². The van der Waals surface area contributed by atoms with Gasteiger partial charge in [-0.3, -0.25) is 19.1 Å². The van der Waals surface area contributed by atoms with E-state index in [0.717, 1.165) is 0 Å². The number of nitrogens with zero attached hydrogens (tertiary/aromatic N) is 3. The zero-order valence-electron chi connectivity index (χ0n) is 13.4. The van der Waals surface area contributed by atoms with Gasteiger partial charge in [0.1, 0.15) is 11.7 Å². The van der Waals surface area contributed by atoms with Gasteiger partial charge >= 0.3 is 5.97 Å². The Morgan fingerprint density at radius 1 is 1.42 bits per heavy atom. The summed E-state index contributed by atoms with van der Waals surface area (Å²) in [5.74, 6) is -0.830. The largest absolute Gasteiger partial charge is 0.468 e. The van der Waals surface area contributed by atoms with Crippen LogP contribution in [0.25, 0.3) is 0 Å². The molecule has 24 heavy (non-hydrogen) atoms. The van der Waals surface area contributed by atoms with Crippen molar-refractivity contribution >= 4 is 30.2 Å². The summed E-state index contributed by atoms with van der Waals surface area (Å²) in [4.78, 5) is 37.4. The van der Waals surface area contributed by atoms with Crippen LogP contribution in [0.5, 0.6) is 0 Å². The summed E-state index contributed by atoms with van der Waals surface area (Å²) >= 11 is 0. The second kappa shape index (κ2) is 7.18. The molecule has 2 aliphatic heterocycles. The highest BCUT2D eigenvalue weighted by molar-refractivity contribution is 5.98. The summed E-state index contributed by atoms with van der Waals surface area (Å²) in [5, 5.41) is 10.0. The van der Waals surface area contributed by atoms with E-state index in [1.54, 1.807) is 16.6 Å². The minimum Gasteiger partial charge on any atom is -0.468 e. The molecule has 10 heteroatoms. The topological polar surface area (TPSA) is 106 Å². The highest BCUT2D eigenvalue weighted by Crippen LogP contribution is 2.14. The van der Waals surface area contributed by atoms with E-state index in [-0.39, 0.29) is 41.9 Å². The van der Waals surface area contributed by atoms with Gasteiger partial charge in [0.25, 0.3) is 11.8 Å². The highest BCUT2D eigenvalue weighted by atomic mass is 35.5. The van der Waals surface area contributed by atoms with Crippen LogP contribution in [0.2, 0.25) is 0 Å². The Morgan fingerprint density at radius 2 is 2.17 bits per heavy atom.